The molecule has 1 heterocycles. The molecule has 0 radical (unpaired) electrons. The Morgan fingerprint density at radius 2 is 2.10 bits per heavy atom. The Morgan fingerprint density at radius 1 is 1.38 bits per heavy atom. The zero-order valence-corrected chi connectivity index (χ0v) is 11.8. The molecule has 0 amide bonds. The number of nitrogens with zero attached hydrogens (tertiary/aromatic N) is 3. The summed E-state index contributed by atoms with van der Waals surface area (Å²) in [4.78, 5) is 22.7. The van der Waals surface area contributed by atoms with Gasteiger partial charge in [0.15, 0.2) is 0 Å². The lowest BCUT2D eigenvalue weighted by Crippen LogP contribution is -2.25. The van der Waals surface area contributed by atoms with Gasteiger partial charge in [-0.05, 0) is 25.1 Å². The van der Waals surface area contributed by atoms with Crippen molar-refractivity contribution in [3.8, 4) is 6.07 Å². The first kappa shape index (κ1) is 14.8. The minimum atomic E-state index is -0.546. The molecule has 1 aromatic heterocycles. The Kier molecular flexibility index (Phi) is 4.05. The molecule has 6 nitrogen and oxygen atoms in total. The van der Waals surface area contributed by atoms with Gasteiger partial charge in [0.25, 0.3) is 11.2 Å². The van der Waals surface area contributed by atoms with Crippen LogP contribution in [-0.2, 0) is 6.54 Å². The molecular weight excluding hydrogens is 294 g/mol. The maximum atomic E-state index is 12.1. The van der Waals surface area contributed by atoms with Crippen LogP contribution in [0.2, 0.25) is 5.02 Å². The number of rotatable bonds is 3. The van der Waals surface area contributed by atoms with Crippen LogP contribution >= 0.6 is 11.6 Å². The highest BCUT2D eigenvalue weighted by Crippen LogP contribution is 2.27. The highest BCUT2D eigenvalue weighted by atomic mass is 35.5. The van der Waals surface area contributed by atoms with E-state index in [0.717, 1.165) is 0 Å². The van der Waals surface area contributed by atoms with Crippen molar-refractivity contribution in [3.63, 3.8) is 0 Å². The third kappa shape index (κ3) is 2.78. The second-order valence-corrected chi connectivity index (χ2v) is 4.79. The van der Waals surface area contributed by atoms with Gasteiger partial charge in [0.05, 0.1) is 22.1 Å². The van der Waals surface area contributed by atoms with Gasteiger partial charge in [-0.15, -0.1) is 0 Å². The van der Waals surface area contributed by atoms with Gasteiger partial charge in [-0.1, -0.05) is 17.7 Å². The number of benzene rings is 1. The number of nitriles is 1. The molecule has 7 heteroatoms. The van der Waals surface area contributed by atoms with Crippen LogP contribution < -0.4 is 5.56 Å². The lowest BCUT2D eigenvalue weighted by atomic mass is 10.1. The monoisotopic (exact) mass is 303 g/mol. The van der Waals surface area contributed by atoms with Crippen molar-refractivity contribution in [2.45, 2.75) is 13.5 Å². The Bertz CT molecular complexity index is 821. The van der Waals surface area contributed by atoms with Crippen molar-refractivity contribution in [1.82, 2.24) is 4.57 Å². The molecule has 0 spiro atoms. The van der Waals surface area contributed by atoms with E-state index >= 15 is 0 Å². The number of halogens is 1. The number of hydrogen-bond donors (Lipinski definition) is 0. The lowest BCUT2D eigenvalue weighted by Gasteiger charge is -2.11. The summed E-state index contributed by atoms with van der Waals surface area (Å²) in [6.07, 6.45) is 0. The molecule has 0 bridgehead atoms. The quantitative estimate of drug-likeness (QED) is 0.644. The summed E-state index contributed by atoms with van der Waals surface area (Å²) >= 11 is 6.02. The zero-order valence-electron chi connectivity index (χ0n) is 11.0. The fourth-order valence-electron chi connectivity index (χ4n) is 1.99. The highest BCUT2D eigenvalue weighted by molar-refractivity contribution is 6.31. The molecule has 2 rings (SSSR count). The summed E-state index contributed by atoms with van der Waals surface area (Å²) in [5.74, 6) is 0. The van der Waals surface area contributed by atoms with Crippen LogP contribution in [0.25, 0.3) is 0 Å². The van der Waals surface area contributed by atoms with Crippen LogP contribution in [0.15, 0.2) is 35.1 Å². The first-order valence-corrected chi connectivity index (χ1v) is 6.36. The van der Waals surface area contributed by atoms with Gasteiger partial charge in [0, 0.05) is 11.8 Å². The first-order chi connectivity index (χ1) is 9.95. The summed E-state index contributed by atoms with van der Waals surface area (Å²) in [6, 6.07) is 9.17. The standard InChI is InChI=1S/C14H10ClN3O3/c1-9-5-6-10(7-16)14(19)17(9)8-11-12(15)3-2-4-13(11)18(20)21/h2-6H,8H2,1H3. The predicted octanol–water partition coefficient (Wildman–Crippen LogP) is 2.64. The molecule has 0 unspecified atom stereocenters. The van der Waals surface area contributed by atoms with Crippen LogP contribution in [0.4, 0.5) is 5.69 Å². The van der Waals surface area contributed by atoms with Gasteiger partial charge in [-0.3, -0.25) is 14.9 Å². The molecule has 0 aliphatic carbocycles. The van der Waals surface area contributed by atoms with E-state index in [-0.39, 0.29) is 28.4 Å². The molecule has 0 aliphatic heterocycles. The third-order valence-electron chi connectivity index (χ3n) is 3.12. The molecule has 0 saturated heterocycles. The Hall–Kier alpha value is -2.65. The van der Waals surface area contributed by atoms with Gasteiger partial charge in [-0.2, -0.15) is 5.26 Å². The predicted molar refractivity (Wildman–Crippen MR) is 77.4 cm³/mol. The number of pyridine rings is 1. The van der Waals surface area contributed by atoms with E-state index in [0.29, 0.717) is 5.69 Å². The summed E-state index contributed by atoms with van der Waals surface area (Å²) in [7, 11) is 0. The van der Waals surface area contributed by atoms with Gasteiger partial charge < -0.3 is 4.57 Å². The second-order valence-electron chi connectivity index (χ2n) is 4.39. The summed E-state index contributed by atoms with van der Waals surface area (Å²) < 4.78 is 1.30. The fourth-order valence-corrected chi connectivity index (χ4v) is 2.21. The molecular formula is C14H10ClN3O3. The molecule has 21 heavy (non-hydrogen) atoms. The van der Waals surface area contributed by atoms with Crippen molar-refractivity contribution in [1.29, 1.82) is 5.26 Å². The smallest absolute Gasteiger partial charge is 0.275 e. The molecule has 0 atom stereocenters. The minimum absolute atomic E-state index is 0.0182. The Morgan fingerprint density at radius 3 is 2.71 bits per heavy atom. The number of aryl methyl sites for hydroxylation is 1. The van der Waals surface area contributed by atoms with E-state index < -0.39 is 10.5 Å². The average molecular weight is 304 g/mol. The largest absolute Gasteiger partial charge is 0.307 e. The second kappa shape index (κ2) is 5.77. The molecule has 0 aliphatic rings. The van der Waals surface area contributed by atoms with Crippen molar-refractivity contribution < 1.29 is 4.92 Å². The van der Waals surface area contributed by atoms with E-state index in [1.165, 1.54) is 28.8 Å². The van der Waals surface area contributed by atoms with Crippen LogP contribution in [0.1, 0.15) is 16.8 Å². The highest BCUT2D eigenvalue weighted by Gasteiger charge is 2.18. The molecule has 0 fully saturated rings. The van der Waals surface area contributed by atoms with Crippen LogP contribution in [0, 0.1) is 28.4 Å². The number of aromatic nitrogens is 1. The number of nitro benzene ring substituents is 1. The van der Waals surface area contributed by atoms with E-state index in [2.05, 4.69) is 0 Å². The molecule has 1 aromatic carbocycles. The average Bonchev–Trinajstić information content (AvgIpc) is 2.44. The minimum Gasteiger partial charge on any atom is -0.307 e. The van der Waals surface area contributed by atoms with Crippen LogP contribution in [0.5, 0.6) is 0 Å². The zero-order chi connectivity index (χ0) is 15.6. The molecule has 106 valence electrons. The first-order valence-electron chi connectivity index (χ1n) is 5.98. The topological polar surface area (TPSA) is 88.9 Å². The van der Waals surface area contributed by atoms with Crippen molar-refractivity contribution in [2.75, 3.05) is 0 Å². The normalized spacial score (nSPS) is 10.1. The maximum Gasteiger partial charge on any atom is 0.275 e. The maximum absolute atomic E-state index is 12.1. The fraction of sp³-hybridized carbons (Fsp3) is 0.143. The van der Waals surface area contributed by atoms with Crippen molar-refractivity contribution in [3.05, 3.63) is 72.6 Å². The summed E-state index contributed by atoms with van der Waals surface area (Å²) in [5, 5.41) is 20.2. The van der Waals surface area contributed by atoms with Crippen molar-refractivity contribution in [2.24, 2.45) is 0 Å². The molecule has 2 aromatic rings. The van der Waals surface area contributed by atoms with E-state index in [9.17, 15) is 14.9 Å². The van der Waals surface area contributed by atoms with Crippen LogP contribution in [0.3, 0.4) is 0 Å². The summed E-state index contributed by atoms with van der Waals surface area (Å²) in [5.41, 5.74) is 0.163. The van der Waals surface area contributed by atoms with Gasteiger partial charge in [-0.25, -0.2) is 0 Å². The lowest BCUT2D eigenvalue weighted by molar-refractivity contribution is -0.385. The van der Waals surface area contributed by atoms with E-state index in [1.807, 2.05) is 0 Å². The Balaban J connectivity index is 2.62. The van der Waals surface area contributed by atoms with E-state index in [1.54, 1.807) is 19.1 Å². The molecule has 0 saturated carbocycles. The molecule has 0 N–H and O–H groups in total. The third-order valence-corrected chi connectivity index (χ3v) is 3.47. The van der Waals surface area contributed by atoms with Gasteiger partial charge >= 0.3 is 0 Å². The number of nitro groups is 1. The number of hydrogen-bond acceptors (Lipinski definition) is 4. The van der Waals surface area contributed by atoms with E-state index in [4.69, 9.17) is 16.9 Å². The SMILES string of the molecule is Cc1ccc(C#N)c(=O)n1Cc1c(Cl)cccc1[N+](=O)[O-]. The summed E-state index contributed by atoms with van der Waals surface area (Å²) in [6.45, 7) is 1.63. The van der Waals surface area contributed by atoms with Gasteiger partial charge in [0.1, 0.15) is 11.6 Å². The van der Waals surface area contributed by atoms with Gasteiger partial charge in [0.2, 0.25) is 0 Å². The van der Waals surface area contributed by atoms with Crippen molar-refractivity contribution >= 4 is 17.3 Å². The Labute approximate surface area is 125 Å². The van der Waals surface area contributed by atoms with Crippen LogP contribution in [-0.4, -0.2) is 9.49 Å².